The van der Waals surface area contributed by atoms with Crippen LogP contribution in [0.1, 0.15) is 349 Å². The Morgan fingerprint density at radius 2 is 0.516 bits per heavy atom. The molecule has 0 heterocycles. The van der Waals surface area contributed by atoms with Gasteiger partial charge >= 0.3 is 11.9 Å². The number of nitrogens with zero attached hydrogens (tertiary/aromatic N) is 2. The maximum atomic E-state index is 13.3. The van der Waals surface area contributed by atoms with Crippen molar-refractivity contribution in [1.82, 2.24) is 9.80 Å². The summed E-state index contributed by atoms with van der Waals surface area (Å²) in [5, 5.41) is 11.9. The van der Waals surface area contributed by atoms with E-state index in [1.807, 2.05) is 0 Å². The van der Waals surface area contributed by atoms with E-state index in [1.54, 1.807) is 6.92 Å². The topological polar surface area (TPSA) is 116 Å². The summed E-state index contributed by atoms with van der Waals surface area (Å²) < 4.78 is 40.9. The summed E-state index contributed by atoms with van der Waals surface area (Å²) in [6.45, 7) is 64.4. The molecule has 0 aromatic heterocycles. The predicted octanol–water partition coefficient (Wildman–Crippen LogP) is 24.1. The molecule has 568 valence electrons. The minimum atomic E-state index is -2.04. The van der Waals surface area contributed by atoms with Gasteiger partial charge < -0.3 is 32.3 Å². The van der Waals surface area contributed by atoms with Gasteiger partial charge in [0.15, 0.2) is 33.3 Å². The fourth-order valence-corrected chi connectivity index (χ4v) is 17.3. The van der Waals surface area contributed by atoms with Crippen LogP contribution in [0.2, 0.25) is 72.5 Å². The third-order valence-electron chi connectivity index (χ3n) is 22.2. The molecule has 0 amide bonds. The highest BCUT2D eigenvalue weighted by atomic mass is 28.4. The maximum Gasteiger partial charge on any atom is 0.308 e. The van der Waals surface area contributed by atoms with Crippen LogP contribution in [-0.4, -0.2) is 143 Å². The van der Waals surface area contributed by atoms with Crippen LogP contribution in [0.15, 0.2) is 0 Å². The molecule has 15 heteroatoms. The van der Waals surface area contributed by atoms with Gasteiger partial charge in [0.1, 0.15) is 0 Å². The highest BCUT2D eigenvalue weighted by Gasteiger charge is 2.43. The highest BCUT2D eigenvalue weighted by molar-refractivity contribution is 6.75. The van der Waals surface area contributed by atoms with Crippen LogP contribution in [0.5, 0.6) is 0 Å². The van der Waals surface area contributed by atoms with Gasteiger partial charge in [-0.2, -0.15) is 0 Å². The lowest BCUT2D eigenvalue weighted by atomic mass is 9.98. The minimum absolute atomic E-state index is 0.124. The fourth-order valence-electron chi connectivity index (χ4n) is 11.8. The van der Waals surface area contributed by atoms with Crippen LogP contribution in [0, 0.1) is 0 Å². The second-order valence-corrected chi connectivity index (χ2v) is 55.2. The Balaban J connectivity index is 6.09. The predicted molar refractivity (Wildman–Crippen MR) is 423 cm³/mol. The normalized spacial score (nSPS) is 15.4. The van der Waals surface area contributed by atoms with Crippen LogP contribution in [0.4, 0.5) is 0 Å². The molecule has 0 fully saturated rings. The van der Waals surface area contributed by atoms with E-state index in [0.717, 1.165) is 103 Å². The molecule has 11 nitrogen and oxygen atoms in total. The monoisotopic (exact) mass is 1410 g/mol. The lowest BCUT2D eigenvalue weighted by Crippen LogP contribution is -2.50. The molecule has 0 saturated carbocycles. The first-order chi connectivity index (χ1) is 44.1. The SMILES string of the molecule is CCCCCCCCC(CN(CCCCCOC(=O)CC(C)(O)CC(=O)OCCCCCN(CC(CCCCCCCC)O[Si](C)(C)C(C)(C)C)CC(CCCCCCCC)O[Si](C)(C)C(C)(C)C)CC(CCCCCCCC)O[Si](C)(C)C(C)(C)C)O[Si](C)(C)C(C)(C)C. The summed E-state index contributed by atoms with van der Waals surface area (Å²) in [6.07, 6.45) is 40.3. The number of hydrogen-bond acceptors (Lipinski definition) is 11. The molecule has 0 aromatic rings. The summed E-state index contributed by atoms with van der Waals surface area (Å²) in [7, 11) is -8.17. The van der Waals surface area contributed by atoms with Gasteiger partial charge in [-0.1, -0.05) is 265 Å². The van der Waals surface area contributed by atoms with Gasteiger partial charge in [0, 0.05) is 26.2 Å². The zero-order valence-corrected chi connectivity index (χ0v) is 72.5. The van der Waals surface area contributed by atoms with Gasteiger partial charge in [-0.15, -0.1) is 0 Å². The van der Waals surface area contributed by atoms with E-state index >= 15 is 0 Å². The van der Waals surface area contributed by atoms with Gasteiger partial charge in [-0.05, 0) is 157 Å². The molecule has 0 aliphatic carbocycles. The fraction of sp³-hybridized carbons (Fsp3) is 0.975. The quantitative estimate of drug-likeness (QED) is 0.0356. The lowest BCUT2D eigenvalue weighted by Gasteiger charge is -2.42. The van der Waals surface area contributed by atoms with E-state index in [9.17, 15) is 14.7 Å². The van der Waals surface area contributed by atoms with Crippen molar-refractivity contribution in [2.75, 3.05) is 52.5 Å². The number of unbranched alkanes of at least 4 members (excludes halogenated alkanes) is 24. The third kappa shape index (κ3) is 45.3. The van der Waals surface area contributed by atoms with Gasteiger partial charge in [-0.3, -0.25) is 19.4 Å². The van der Waals surface area contributed by atoms with E-state index in [4.69, 9.17) is 27.2 Å². The van der Waals surface area contributed by atoms with Gasteiger partial charge in [0.05, 0.1) is 56.1 Å². The van der Waals surface area contributed by atoms with Gasteiger partial charge in [0.25, 0.3) is 0 Å². The van der Waals surface area contributed by atoms with Crippen molar-refractivity contribution in [3.05, 3.63) is 0 Å². The average molecular weight is 1410 g/mol. The Morgan fingerprint density at radius 3 is 0.726 bits per heavy atom. The number of rotatable bonds is 60. The minimum Gasteiger partial charge on any atom is -0.466 e. The number of ether oxygens (including phenoxy) is 2. The maximum absolute atomic E-state index is 13.3. The molecule has 0 aliphatic heterocycles. The molecular formula is C80H168N2O9Si4. The van der Waals surface area contributed by atoms with Crippen molar-refractivity contribution < 1.29 is 41.9 Å². The Morgan fingerprint density at radius 1 is 0.316 bits per heavy atom. The summed E-state index contributed by atoms with van der Waals surface area (Å²) in [4.78, 5) is 31.9. The molecule has 0 spiro atoms. The highest BCUT2D eigenvalue weighted by Crippen LogP contribution is 2.42. The van der Waals surface area contributed by atoms with Crippen LogP contribution >= 0.6 is 0 Å². The summed E-state index contributed by atoms with van der Waals surface area (Å²) in [5.74, 6) is -0.968. The van der Waals surface area contributed by atoms with E-state index in [2.05, 4.69) is 173 Å². The van der Waals surface area contributed by atoms with Crippen LogP contribution in [-0.2, 0) is 36.8 Å². The van der Waals surface area contributed by atoms with Gasteiger partial charge in [0.2, 0.25) is 0 Å². The number of carbonyl (C=O) groups is 2. The molecule has 0 bridgehead atoms. The molecule has 4 atom stereocenters. The second kappa shape index (κ2) is 49.2. The molecule has 0 saturated heterocycles. The van der Waals surface area contributed by atoms with Crippen LogP contribution < -0.4 is 0 Å². The molecular weight excluding hydrogens is 1250 g/mol. The first-order valence-corrected chi connectivity index (χ1v) is 51.9. The Labute approximate surface area is 597 Å². The third-order valence-corrected chi connectivity index (χ3v) is 40.4. The van der Waals surface area contributed by atoms with E-state index in [1.165, 1.54) is 154 Å². The number of hydrogen-bond donors (Lipinski definition) is 1. The standard InChI is InChI=1S/C80H168N2O9Si4/c1-26-30-34-38-42-48-56-70(88-92(18,19)76(5,6)7)66-81(67-71(57-49-43-39-35-31-27-2)89-93(20,21)77(8,9)10)60-52-46-54-62-86-74(83)64-80(17,85)65-75(84)87-63-55-47-53-61-82(68-72(58-50-44-40-36-32-28-3)90-94(22,23)78(11,12)13)69-73(59-51-45-41-37-33-29-4)91-95(24,25)79(14,15)16/h70-73,85H,26-69H2,1-25H3. The van der Waals surface area contributed by atoms with Crippen molar-refractivity contribution in [2.24, 2.45) is 0 Å². The Kier molecular flexibility index (Phi) is 49.0. The van der Waals surface area contributed by atoms with Crippen LogP contribution in [0.25, 0.3) is 0 Å². The summed E-state index contributed by atoms with van der Waals surface area (Å²) in [5.41, 5.74) is -1.57. The van der Waals surface area contributed by atoms with Crippen molar-refractivity contribution in [3.8, 4) is 0 Å². The number of aliphatic hydroxyl groups is 1. The van der Waals surface area contributed by atoms with E-state index in [0.29, 0.717) is 0 Å². The smallest absolute Gasteiger partial charge is 0.308 e. The zero-order valence-electron chi connectivity index (χ0n) is 68.5. The Bertz CT molecular complexity index is 1680. The summed E-state index contributed by atoms with van der Waals surface area (Å²) in [6, 6.07) is 0. The van der Waals surface area contributed by atoms with Crippen molar-refractivity contribution in [1.29, 1.82) is 0 Å². The molecule has 0 aliphatic rings. The molecule has 95 heavy (non-hydrogen) atoms. The largest absolute Gasteiger partial charge is 0.466 e. The van der Waals surface area contributed by atoms with Crippen molar-refractivity contribution >= 4 is 45.2 Å². The van der Waals surface area contributed by atoms with E-state index < -0.39 is 50.8 Å². The molecule has 0 rings (SSSR count). The average Bonchev–Trinajstić information content (AvgIpc) is 0.850. The molecule has 4 unspecified atom stereocenters. The summed E-state index contributed by atoms with van der Waals surface area (Å²) >= 11 is 0. The first-order valence-electron chi connectivity index (χ1n) is 40.3. The first kappa shape index (κ1) is 94.5. The zero-order chi connectivity index (χ0) is 72.5. The molecule has 0 aromatic carbocycles. The second-order valence-electron chi connectivity index (χ2n) is 36.2. The lowest BCUT2D eigenvalue weighted by molar-refractivity contribution is -0.154. The van der Waals surface area contributed by atoms with E-state index in [-0.39, 0.29) is 70.6 Å². The van der Waals surface area contributed by atoms with Gasteiger partial charge in [-0.25, -0.2) is 0 Å². The van der Waals surface area contributed by atoms with Crippen LogP contribution in [0.3, 0.4) is 0 Å². The number of carbonyl (C=O) groups excluding carboxylic acids is 2. The Hall–Kier alpha value is -0.472. The van der Waals surface area contributed by atoms with Crippen molar-refractivity contribution in [3.63, 3.8) is 0 Å². The molecule has 1 N–H and O–H groups in total. The van der Waals surface area contributed by atoms with Crippen molar-refractivity contribution in [2.45, 2.75) is 451 Å². The number of esters is 2. The molecule has 0 radical (unpaired) electrons.